The van der Waals surface area contributed by atoms with E-state index < -0.39 is 0 Å². The average Bonchev–Trinajstić information content (AvgIpc) is 3.08. The van der Waals surface area contributed by atoms with Crippen LogP contribution >= 0.6 is 0 Å². The predicted molar refractivity (Wildman–Crippen MR) is 103 cm³/mol. The lowest BCUT2D eigenvalue weighted by molar-refractivity contribution is -0.111. The summed E-state index contributed by atoms with van der Waals surface area (Å²) in [5.41, 5.74) is 3.69. The van der Waals surface area contributed by atoms with Crippen LogP contribution in [0.4, 0.5) is 5.69 Å². The van der Waals surface area contributed by atoms with Crippen LogP contribution in [0.25, 0.3) is 17.0 Å². The minimum Gasteiger partial charge on any atom is -0.373 e. The number of nitrogens with one attached hydrogen (secondary N) is 2. The van der Waals surface area contributed by atoms with Crippen LogP contribution in [0.15, 0.2) is 54.7 Å². The maximum atomic E-state index is 12.3. The molecule has 0 bridgehead atoms. The van der Waals surface area contributed by atoms with Crippen molar-refractivity contribution in [3.8, 4) is 0 Å². The highest BCUT2D eigenvalue weighted by molar-refractivity contribution is 6.02. The van der Waals surface area contributed by atoms with Crippen molar-refractivity contribution in [1.29, 1.82) is 0 Å². The number of hydrogen-bond acceptors (Lipinski definition) is 3. The summed E-state index contributed by atoms with van der Waals surface area (Å²) in [5, 5.41) is 10.9. The van der Waals surface area contributed by atoms with Gasteiger partial charge in [0.05, 0.1) is 24.4 Å². The number of rotatable bonds is 6. The fourth-order valence-electron chi connectivity index (χ4n) is 2.92. The van der Waals surface area contributed by atoms with Crippen LogP contribution in [-0.2, 0) is 16.1 Å². The lowest BCUT2D eigenvalue weighted by Gasteiger charge is -2.26. The number of hydrogen-bond donors (Lipinski definition) is 2. The molecule has 5 nitrogen and oxygen atoms in total. The van der Waals surface area contributed by atoms with Crippen LogP contribution in [0.5, 0.6) is 0 Å². The highest BCUT2D eigenvalue weighted by Crippen LogP contribution is 2.25. The van der Waals surface area contributed by atoms with Gasteiger partial charge >= 0.3 is 0 Å². The first kappa shape index (κ1) is 16.5. The second kappa shape index (κ2) is 7.54. The third-order valence-corrected chi connectivity index (χ3v) is 4.70. The maximum Gasteiger partial charge on any atom is 0.248 e. The van der Waals surface area contributed by atoms with Crippen LogP contribution in [0.2, 0.25) is 0 Å². The van der Waals surface area contributed by atoms with Crippen molar-refractivity contribution >= 4 is 28.6 Å². The van der Waals surface area contributed by atoms with E-state index in [1.165, 1.54) is 6.42 Å². The zero-order valence-corrected chi connectivity index (χ0v) is 14.4. The molecule has 1 aliphatic rings. The minimum absolute atomic E-state index is 0.161. The van der Waals surface area contributed by atoms with Gasteiger partial charge in [0.2, 0.25) is 5.91 Å². The van der Waals surface area contributed by atoms with Gasteiger partial charge in [0.15, 0.2) is 0 Å². The van der Waals surface area contributed by atoms with Gasteiger partial charge in [0, 0.05) is 22.7 Å². The molecule has 0 spiro atoms. The molecule has 1 heterocycles. The van der Waals surface area contributed by atoms with E-state index in [1.807, 2.05) is 42.5 Å². The number of carbonyl (C=O) groups is 1. The Morgan fingerprint density at radius 2 is 2.15 bits per heavy atom. The fourth-order valence-corrected chi connectivity index (χ4v) is 2.92. The Morgan fingerprint density at radius 1 is 1.27 bits per heavy atom. The third kappa shape index (κ3) is 3.83. The monoisotopic (exact) mass is 347 g/mol. The van der Waals surface area contributed by atoms with E-state index in [0.29, 0.717) is 12.7 Å². The molecule has 0 unspecified atom stereocenters. The Morgan fingerprint density at radius 3 is 3.00 bits per heavy atom. The zero-order valence-electron chi connectivity index (χ0n) is 14.4. The van der Waals surface area contributed by atoms with Gasteiger partial charge in [-0.2, -0.15) is 5.10 Å². The minimum atomic E-state index is -0.161. The summed E-state index contributed by atoms with van der Waals surface area (Å²) < 4.78 is 5.87. The number of benzene rings is 2. The van der Waals surface area contributed by atoms with Crippen LogP contribution in [0.1, 0.15) is 30.4 Å². The topological polar surface area (TPSA) is 67.0 Å². The number of aromatic amines is 1. The Kier molecular flexibility index (Phi) is 4.80. The predicted octanol–water partition coefficient (Wildman–Crippen LogP) is 4.28. The van der Waals surface area contributed by atoms with Crippen LogP contribution in [0.3, 0.4) is 0 Å². The van der Waals surface area contributed by atoms with E-state index >= 15 is 0 Å². The molecule has 132 valence electrons. The van der Waals surface area contributed by atoms with Crippen LogP contribution < -0.4 is 5.32 Å². The van der Waals surface area contributed by atoms with E-state index in [-0.39, 0.29) is 5.91 Å². The Labute approximate surface area is 152 Å². The molecule has 3 aromatic rings. The van der Waals surface area contributed by atoms with E-state index in [0.717, 1.165) is 40.6 Å². The second-order valence-corrected chi connectivity index (χ2v) is 6.56. The Bertz CT molecular complexity index is 941. The van der Waals surface area contributed by atoms with E-state index in [1.54, 1.807) is 18.3 Å². The van der Waals surface area contributed by atoms with Gasteiger partial charge in [-0.15, -0.1) is 0 Å². The zero-order chi connectivity index (χ0) is 17.8. The van der Waals surface area contributed by atoms with Gasteiger partial charge in [-0.1, -0.05) is 30.3 Å². The van der Waals surface area contributed by atoms with Crippen molar-refractivity contribution in [2.75, 3.05) is 5.32 Å². The van der Waals surface area contributed by atoms with Crippen molar-refractivity contribution in [2.24, 2.45) is 0 Å². The number of nitrogens with zero attached hydrogens (tertiary/aromatic N) is 1. The van der Waals surface area contributed by atoms with Crippen molar-refractivity contribution in [1.82, 2.24) is 10.2 Å². The molecule has 0 saturated heterocycles. The molecular formula is C21H21N3O2. The lowest BCUT2D eigenvalue weighted by atomic mass is 9.96. The third-order valence-electron chi connectivity index (χ3n) is 4.70. The SMILES string of the molecule is O=C(/C=C/c1ccc2cn[nH]c2c1)Nc1ccccc1COC1CCC1. The van der Waals surface area contributed by atoms with Crippen LogP contribution in [0, 0.1) is 0 Å². The molecule has 1 fully saturated rings. The molecule has 0 radical (unpaired) electrons. The number of H-pyrrole nitrogens is 1. The molecule has 5 heteroatoms. The molecule has 0 atom stereocenters. The van der Waals surface area contributed by atoms with Gasteiger partial charge in [0.1, 0.15) is 0 Å². The Balaban J connectivity index is 1.40. The first-order chi connectivity index (χ1) is 12.8. The number of amides is 1. The number of para-hydroxylation sites is 1. The molecular weight excluding hydrogens is 326 g/mol. The fraction of sp³-hybridized carbons (Fsp3) is 0.238. The Hall–Kier alpha value is -2.92. The highest BCUT2D eigenvalue weighted by atomic mass is 16.5. The first-order valence-electron chi connectivity index (χ1n) is 8.90. The van der Waals surface area contributed by atoms with Crippen molar-refractivity contribution in [2.45, 2.75) is 32.0 Å². The van der Waals surface area contributed by atoms with Gasteiger partial charge in [-0.3, -0.25) is 9.89 Å². The van der Waals surface area contributed by atoms with E-state index in [9.17, 15) is 4.79 Å². The number of fused-ring (bicyclic) bond motifs is 1. The number of ether oxygens (including phenoxy) is 1. The standard InChI is InChI=1S/C21H21N3O2/c25-21(11-9-15-8-10-16-13-22-24-20(16)12-15)23-19-7-2-1-4-17(19)14-26-18-5-3-6-18/h1-2,4,7-13,18H,3,5-6,14H2,(H,22,24)(H,23,25)/b11-9+. The molecule has 0 aliphatic heterocycles. The van der Waals surface area contributed by atoms with Crippen molar-refractivity contribution in [3.05, 3.63) is 65.9 Å². The summed E-state index contributed by atoms with van der Waals surface area (Å²) >= 11 is 0. The second-order valence-electron chi connectivity index (χ2n) is 6.56. The quantitative estimate of drug-likeness (QED) is 0.654. The number of aromatic nitrogens is 2. The van der Waals surface area contributed by atoms with Gasteiger partial charge in [-0.05, 0) is 43.0 Å². The normalized spacial score (nSPS) is 14.6. The summed E-state index contributed by atoms with van der Waals surface area (Å²) in [4.78, 5) is 12.3. The molecule has 1 amide bonds. The van der Waals surface area contributed by atoms with E-state index in [4.69, 9.17) is 4.74 Å². The maximum absolute atomic E-state index is 12.3. The summed E-state index contributed by atoms with van der Waals surface area (Å²) in [5.74, 6) is -0.161. The van der Waals surface area contributed by atoms with Gasteiger partial charge in [0.25, 0.3) is 0 Å². The largest absolute Gasteiger partial charge is 0.373 e. The van der Waals surface area contributed by atoms with Crippen LogP contribution in [-0.4, -0.2) is 22.2 Å². The molecule has 1 saturated carbocycles. The first-order valence-corrected chi connectivity index (χ1v) is 8.90. The molecule has 4 rings (SSSR count). The highest BCUT2D eigenvalue weighted by Gasteiger charge is 2.18. The molecule has 2 N–H and O–H groups in total. The summed E-state index contributed by atoms with van der Waals surface area (Å²) in [7, 11) is 0. The summed E-state index contributed by atoms with van der Waals surface area (Å²) in [6, 6.07) is 13.7. The summed E-state index contributed by atoms with van der Waals surface area (Å²) in [6.45, 7) is 0.529. The molecule has 1 aromatic heterocycles. The molecule has 1 aliphatic carbocycles. The van der Waals surface area contributed by atoms with E-state index in [2.05, 4.69) is 15.5 Å². The van der Waals surface area contributed by atoms with Crippen molar-refractivity contribution in [3.63, 3.8) is 0 Å². The lowest BCUT2D eigenvalue weighted by Crippen LogP contribution is -2.21. The smallest absolute Gasteiger partial charge is 0.248 e. The van der Waals surface area contributed by atoms with Gasteiger partial charge in [-0.25, -0.2) is 0 Å². The van der Waals surface area contributed by atoms with Crippen molar-refractivity contribution < 1.29 is 9.53 Å². The number of carbonyl (C=O) groups excluding carboxylic acids is 1. The average molecular weight is 347 g/mol. The molecule has 2 aromatic carbocycles. The van der Waals surface area contributed by atoms with Gasteiger partial charge < -0.3 is 10.1 Å². The number of anilines is 1. The molecule has 26 heavy (non-hydrogen) atoms. The summed E-state index contributed by atoms with van der Waals surface area (Å²) in [6.07, 6.45) is 9.01.